The molecule has 3 heterocycles. The molecule has 0 aromatic carbocycles. The predicted octanol–water partition coefficient (Wildman–Crippen LogP) is 3.10. The van der Waals surface area contributed by atoms with Crippen LogP contribution in [0.3, 0.4) is 0 Å². The monoisotopic (exact) mass is 488 g/mol. The maximum atomic E-state index is 13.3. The van der Waals surface area contributed by atoms with Crippen LogP contribution in [0.25, 0.3) is 5.52 Å². The second-order valence-corrected chi connectivity index (χ2v) is 9.89. The molecule has 3 aromatic heterocycles. The largest absolute Gasteiger partial charge is 0.473 e. The average Bonchev–Trinajstić information content (AvgIpc) is 3.37. The number of hydrogen-bond donors (Lipinski definition) is 2. The summed E-state index contributed by atoms with van der Waals surface area (Å²) < 4.78 is 48.6. The van der Waals surface area contributed by atoms with Crippen molar-refractivity contribution in [1.29, 1.82) is 0 Å². The summed E-state index contributed by atoms with van der Waals surface area (Å²) in [4.78, 5) is 28.1. The molecule has 1 spiro atoms. The molecule has 3 aliphatic rings. The number of imidazole rings is 1. The van der Waals surface area contributed by atoms with Crippen molar-refractivity contribution >= 4 is 17.3 Å². The topological polar surface area (TPSA) is 117 Å². The second-order valence-electron chi connectivity index (χ2n) is 9.89. The van der Waals surface area contributed by atoms with Crippen molar-refractivity contribution in [2.75, 3.05) is 0 Å². The Morgan fingerprint density at radius 2 is 1.91 bits per heavy atom. The van der Waals surface area contributed by atoms with Crippen LogP contribution in [0.4, 0.5) is 13.2 Å². The van der Waals surface area contributed by atoms with Crippen molar-refractivity contribution in [2.24, 2.45) is 11.1 Å². The van der Waals surface area contributed by atoms with Crippen LogP contribution < -0.4 is 15.8 Å². The number of ether oxygens (including phenoxy) is 1. The Kier molecular flexibility index (Phi) is 4.68. The maximum Gasteiger partial charge on any atom is 0.450 e. The van der Waals surface area contributed by atoms with Crippen molar-refractivity contribution in [1.82, 2.24) is 24.5 Å². The summed E-state index contributed by atoms with van der Waals surface area (Å²) in [6, 6.07) is 4.62. The lowest BCUT2D eigenvalue weighted by molar-refractivity contribution is -0.145. The van der Waals surface area contributed by atoms with E-state index in [2.05, 4.69) is 15.4 Å². The first kappa shape index (κ1) is 21.9. The summed E-state index contributed by atoms with van der Waals surface area (Å²) in [7, 11) is 0. The second kappa shape index (κ2) is 7.46. The van der Waals surface area contributed by atoms with E-state index < -0.39 is 23.8 Å². The molecule has 3 N–H and O–H groups in total. The van der Waals surface area contributed by atoms with Crippen molar-refractivity contribution in [3.05, 3.63) is 47.7 Å². The average molecular weight is 488 g/mol. The van der Waals surface area contributed by atoms with Gasteiger partial charge in [-0.05, 0) is 56.1 Å². The molecule has 184 valence electrons. The van der Waals surface area contributed by atoms with Crippen LogP contribution in [-0.4, -0.2) is 43.1 Å². The Labute approximate surface area is 197 Å². The van der Waals surface area contributed by atoms with E-state index in [1.807, 2.05) is 0 Å². The van der Waals surface area contributed by atoms with Crippen LogP contribution in [0.15, 0.2) is 30.6 Å². The predicted molar refractivity (Wildman–Crippen MR) is 116 cm³/mol. The Hall–Kier alpha value is -3.57. The van der Waals surface area contributed by atoms with Crippen LogP contribution in [-0.2, 0) is 6.18 Å². The van der Waals surface area contributed by atoms with Crippen molar-refractivity contribution < 1.29 is 27.5 Å². The van der Waals surface area contributed by atoms with Crippen LogP contribution in [0.1, 0.15) is 71.2 Å². The van der Waals surface area contributed by atoms with Gasteiger partial charge in [0.15, 0.2) is 5.69 Å². The number of carbonyl (C=O) groups excluding carboxylic acids is 2. The van der Waals surface area contributed by atoms with E-state index >= 15 is 0 Å². The first-order valence-corrected chi connectivity index (χ1v) is 11.5. The minimum Gasteiger partial charge on any atom is -0.473 e. The molecule has 3 aliphatic carbocycles. The van der Waals surface area contributed by atoms with Gasteiger partial charge < -0.3 is 15.8 Å². The third-order valence-electron chi connectivity index (χ3n) is 7.20. The Bertz CT molecular complexity index is 1330. The van der Waals surface area contributed by atoms with Crippen molar-refractivity contribution in [3.63, 3.8) is 0 Å². The molecule has 0 atom stereocenters. The van der Waals surface area contributed by atoms with Gasteiger partial charge in [0.25, 0.3) is 11.8 Å². The number of primary amides is 1. The van der Waals surface area contributed by atoms with E-state index in [-0.39, 0.29) is 40.2 Å². The third-order valence-corrected chi connectivity index (χ3v) is 7.20. The van der Waals surface area contributed by atoms with Gasteiger partial charge in [0.2, 0.25) is 11.7 Å². The minimum atomic E-state index is -4.67. The van der Waals surface area contributed by atoms with E-state index in [9.17, 15) is 22.8 Å². The fourth-order valence-electron chi connectivity index (χ4n) is 5.38. The molecule has 2 amide bonds. The van der Waals surface area contributed by atoms with E-state index in [1.54, 1.807) is 16.9 Å². The van der Waals surface area contributed by atoms with Crippen molar-refractivity contribution in [3.8, 4) is 5.88 Å². The highest BCUT2D eigenvalue weighted by atomic mass is 19.4. The Morgan fingerprint density at radius 1 is 1.17 bits per heavy atom. The summed E-state index contributed by atoms with van der Waals surface area (Å²) in [5.41, 5.74) is 5.63. The van der Waals surface area contributed by atoms with Gasteiger partial charge >= 0.3 is 6.18 Å². The first-order valence-electron chi connectivity index (χ1n) is 11.5. The van der Waals surface area contributed by atoms with E-state index in [4.69, 9.17) is 10.5 Å². The lowest BCUT2D eigenvalue weighted by Gasteiger charge is -2.57. The molecule has 3 saturated carbocycles. The molecule has 12 heteroatoms. The number of carbonyl (C=O) groups is 2. The molecule has 6 rings (SSSR count). The number of amides is 2. The zero-order valence-corrected chi connectivity index (χ0v) is 18.6. The van der Waals surface area contributed by atoms with E-state index in [0.717, 1.165) is 30.1 Å². The number of alkyl halides is 3. The molecule has 0 saturated heterocycles. The minimum absolute atomic E-state index is 0.0158. The van der Waals surface area contributed by atoms with Gasteiger partial charge in [-0.1, -0.05) is 6.07 Å². The molecule has 3 fully saturated rings. The number of pyridine rings is 1. The summed E-state index contributed by atoms with van der Waals surface area (Å²) >= 11 is 0. The van der Waals surface area contributed by atoms with Crippen LogP contribution in [0, 0.1) is 5.41 Å². The van der Waals surface area contributed by atoms with Crippen LogP contribution >= 0.6 is 0 Å². The molecule has 0 radical (unpaired) electrons. The highest BCUT2D eigenvalue weighted by Crippen LogP contribution is 2.57. The number of rotatable bonds is 6. The summed E-state index contributed by atoms with van der Waals surface area (Å²) in [6.07, 6.45) is 3.06. The number of halogens is 3. The normalized spacial score (nSPS) is 25.8. The fraction of sp³-hybridized carbons (Fsp3) is 0.478. The molecule has 0 bridgehead atoms. The van der Waals surface area contributed by atoms with Gasteiger partial charge in [-0.3, -0.25) is 18.7 Å². The summed E-state index contributed by atoms with van der Waals surface area (Å²) in [5, 5.41) is 7.21. The summed E-state index contributed by atoms with van der Waals surface area (Å²) in [5.74, 6) is -2.05. The molecular weight excluding hydrogens is 465 g/mol. The smallest absolute Gasteiger partial charge is 0.450 e. The van der Waals surface area contributed by atoms with Crippen LogP contribution in [0.5, 0.6) is 5.88 Å². The van der Waals surface area contributed by atoms with Gasteiger partial charge in [0.1, 0.15) is 11.7 Å². The fourth-order valence-corrected chi connectivity index (χ4v) is 5.38. The third kappa shape index (κ3) is 3.80. The number of aromatic nitrogens is 4. The number of fused-ring (bicyclic) bond motifs is 1. The lowest BCUT2D eigenvalue weighted by Crippen LogP contribution is -2.58. The SMILES string of the molecule is NC(=O)c1cn(C2CC2)nc1O[C@H]1CC2(C[C@H](NC(=O)c3nc(C(F)(F)F)n4ccccc34)C2)C1. The van der Waals surface area contributed by atoms with Gasteiger partial charge in [-0.15, -0.1) is 5.10 Å². The summed E-state index contributed by atoms with van der Waals surface area (Å²) in [6.45, 7) is 0. The first-order chi connectivity index (χ1) is 16.6. The maximum absolute atomic E-state index is 13.3. The molecular formula is C23H23F3N6O3. The van der Waals surface area contributed by atoms with Crippen molar-refractivity contribution in [2.45, 2.75) is 62.9 Å². The highest BCUT2D eigenvalue weighted by molar-refractivity contribution is 5.99. The molecule has 9 nitrogen and oxygen atoms in total. The molecule has 3 aromatic rings. The number of nitrogens with one attached hydrogen (secondary N) is 1. The molecule has 0 unspecified atom stereocenters. The number of nitrogens with two attached hydrogens (primary N) is 1. The zero-order valence-electron chi connectivity index (χ0n) is 18.6. The quantitative estimate of drug-likeness (QED) is 0.553. The van der Waals surface area contributed by atoms with Gasteiger partial charge in [-0.25, -0.2) is 4.98 Å². The molecule has 35 heavy (non-hydrogen) atoms. The highest BCUT2D eigenvalue weighted by Gasteiger charge is 2.54. The molecule has 0 aliphatic heterocycles. The Balaban J connectivity index is 1.07. The number of nitrogens with zero attached hydrogens (tertiary/aromatic N) is 4. The van der Waals surface area contributed by atoms with E-state index in [0.29, 0.717) is 18.9 Å². The Morgan fingerprint density at radius 3 is 2.57 bits per heavy atom. The van der Waals surface area contributed by atoms with Gasteiger partial charge in [0, 0.05) is 18.4 Å². The van der Waals surface area contributed by atoms with Crippen LogP contribution in [0.2, 0.25) is 0 Å². The zero-order chi connectivity index (χ0) is 24.5. The van der Waals surface area contributed by atoms with Gasteiger partial charge in [-0.2, -0.15) is 13.2 Å². The van der Waals surface area contributed by atoms with Gasteiger partial charge in [0.05, 0.1) is 11.6 Å². The standard InChI is InChI=1S/C23H23F3N6O3/c24-23(25,26)21-29-17(16-3-1-2-6-31(16)21)19(34)28-12-7-22(8-12)9-14(10-22)35-20-15(18(27)33)11-32(30-20)13-4-5-13/h1-3,6,11-14H,4-5,7-10H2,(H2,27,33)(H,28,34)/t12-,14-,22?. The lowest BCUT2D eigenvalue weighted by atomic mass is 9.53. The van der Waals surface area contributed by atoms with E-state index in [1.165, 1.54) is 18.3 Å². The number of hydrogen-bond acceptors (Lipinski definition) is 5.